The molecule has 1 aliphatic heterocycles. The number of ketones is 1. The maximum Gasteiger partial charge on any atom is 0.452 e. The molecule has 12 heteroatoms. The number of rotatable bonds is 11. The Labute approximate surface area is 269 Å². The molecule has 2 atom stereocenters. The van der Waals surface area contributed by atoms with Crippen LogP contribution in [0, 0.1) is 5.92 Å². The van der Waals surface area contributed by atoms with Gasteiger partial charge < -0.3 is 15.0 Å². The van der Waals surface area contributed by atoms with Gasteiger partial charge in [0.2, 0.25) is 11.8 Å². The molecule has 1 N–H and O–H groups in total. The largest absolute Gasteiger partial charge is 0.489 e. The molecule has 4 rings (SSSR count). The zero-order valence-corrected chi connectivity index (χ0v) is 26.1. The Kier molecular flexibility index (Phi) is 10.9. The number of hydrogen-bond donors (Lipinski definition) is 1. The van der Waals surface area contributed by atoms with E-state index in [9.17, 15) is 32.3 Å². The summed E-state index contributed by atoms with van der Waals surface area (Å²) in [7, 11) is 0. The first-order valence-corrected chi connectivity index (χ1v) is 14.9. The third kappa shape index (κ3) is 8.54. The van der Waals surface area contributed by atoms with Crippen LogP contribution in [0.2, 0.25) is 5.02 Å². The van der Waals surface area contributed by atoms with Gasteiger partial charge in [0.05, 0.1) is 5.70 Å². The Morgan fingerprint density at radius 3 is 2.26 bits per heavy atom. The molecule has 3 aromatic rings. The van der Waals surface area contributed by atoms with Crippen molar-refractivity contribution in [2.24, 2.45) is 5.92 Å². The van der Waals surface area contributed by atoms with E-state index in [1.54, 1.807) is 86.6 Å². The summed E-state index contributed by atoms with van der Waals surface area (Å²) in [5.74, 6) is -4.08. The van der Waals surface area contributed by atoms with E-state index in [1.807, 2.05) is 6.07 Å². The van der Waals surface area contributed by atoms with Crippen LogP contribution >= 0.6 is 11.6 Å². The van der Waals surface area contributed by atoms with Crippen LogP contribution < -0.4 is 10.1 Å². The van der Waals surface area contributed by atoms with Crippen molar-refractivity contribution in [1.82, 2.24) is 15.1 Å². The number of Topliss-reactive ketones (excluding diaryl/α,β-unsaturated/α-hetero) is 1. The Bertz CT molecular complexity index is 1630. The highest BCUT2D eigenvalue weighted by Gasteiger charge is 2.45. The smallest absolute Gasteiger partial charge is 0.452 e. The second-order valence-electron chi connectivity index (χ2n) is 11.2. The van der Waals surface area contributed by atoms with E-state index in [4.69, 9.17) is 16.3 Å². The summed E-state index contributed by atoms with van der Waals surface area (Å²) in [6.45, 7) is 4.25. The minimum atomic E-state index is -5.20. The van der Waals surface area contributed by atoms with Crippen LogP contribution in [-0.4, -0.2) is 58.1 Å². The van der Waals surface area contributed by atoms with Gasteiger partial charge in [0.1, 0.15) is 31.0 Å². The molecule has 0 saturated carbocycles. The first-order chi connectivity index (χ1) is 21.7. The average molecular weight is 656 g/mol. The van der Waals surface area contributed by atoms with E-state index in [0.29, 0.717) is 21.9 Å². The Balaban J connectivity index is 1.65. The number of nitrogens with zero attached hydrogens (tertiary/aromatic N) is 2. The van der Waals surface area contributed by atoms with Crippen LogP contribution in [0.4, 0.5) is 13.2 Å². The van der Waals surface area contributed by atoms with E-state index in [-0.39, 0.29) is 18.2 Å². The van der Waals surface area contributed by atoms with E-state index in [0.717, 1.165) is 10.5 Å². The van der Waals surface area contributed by atoms with Gasteiger partial charge in [-0.2, -0.15) is 13.2 Å². The summed E-state index contributed by atoms with van der Waals surface area (Å²) in [6, 6.07) is 18.8. The monoisotopic (exact) mass is 655 g/mol. The third-order valence-corrected chi connectivity index (χ3v) is 7.54. The number of carbonyl (C=O) groups is 4. The standard InChI is InChI=1S/C34H33ClF3N3O5/c1-21(2)31-33(45)41(19-30(43)39-28(32(44)34(36,37)38)16-23-9-5-4-6-10-23)29(18-40(31)22(3)42)25-12-8-14-27(17-25)46-20-24-11-7-13-26(35)15-24/h4-15,17-18,21,28,31H,16,19-20H2,1-3H3,(H,39,43)/t28?,31-/m1/s1. The van der Waals surface area contributed by atoms with Crippen LogP contribution in [0.1, 0.15) is 37.5 Å². The molecule has 0 radical (unpaired) electrons. The summed E-state index contributed by atoms with van der Waals surface area (Å²) in [5.41, 5.74) is 1.78. The minimum absolute atomic E-state index is 0.155. The molecule has 1 unspecified atom stereocenters. The maximum atomic E-state index is 13.9. The lowest BCUT2D eigenvalue weighted by Crippen LogP contribution is -2.57. The van der Waals surface area contributed by atoms with Gasteiger partial charge in [-0.1, -0.05) is 80.0 Å². The average Bonchev–Trinajstić information content (AvgIpc) is 3.00. The summed E-state index contributed by atoms with van der Waals surface area (Å²) in [5, 5.41) is 2.74. The lowest BCUT2D eigenvalue weighted by molar-refractivity contribution is -0.173. The molecular weight excluding hydrogens is 623 g/mol. The topological polar surface area (TPSA) is 96.0 Å². The van der Waals surface area contributed by atoms with Crippen molar-refractivity contribution in [2.75, 3.05) is 6.54 Å². The molecule has 1 aliphatic rings. The second kappa shape index (κ2) is 14.6. The van der Waals surface area contributed by atoms with Gasteiger partial charge in [0.25, 0.3) is 11.7 Å². The van der Waals surface area contributed by atoms with Crippen LogP contribution in [-0.2, 0) is 32.2 Å². The van der Waals surface area contributed by atoms with Crippen molar-refractivity contribution < 1.29 is 37.1 Å². The molecule has 0 spiro atoms. The van der Waals surface area contributed by atoms with Gasteiger partial charge in [-0.25, -0.2) is 0 Å². The lowest BCUT2D eigenvalue weighted by atomic mass is 9.97. The number of alkyl halides is 3. The number of ether oxygens (including phenoxy) is 1. The summed E-state index contributed by atoms with van der Waals surface area (Å²) in [4.78, 5) is 54.6. The highest BCUT2D eigenvalue weighted by molar-refractivity contribution is 6.30. The number of amides is 3. The van der Waals surface area contributed by atoms with Gasteiger partial charge >= 0.3 is 6.18 Å². The van der Waals surface area contributed by atoms with Crippen molar-refractivity contribution in [2.45, 2.75) is 52.1 Å². The van der Waals surface area contributed by atoms with Gasteiger partial charge in [-0.15, -0.1) is 0 Å². The van der Waals surface area contributed by atoms with Crippen LogP contribution in [0.3, 0.4) is 0 Å². The molecule has 8 nitrogen and oxygen atoms in total. The van der Waals surface area contributed by atoms with Gasteiger partial charge in [0.15, 0.2) is 0 Å². The van der Waals surface area contributed by atoms with Crippen molar-refractivity contribution >= 4 is 40.8 Å². The molecule has 0 aliphatic carbocycles. The first-order valence-electron chi connectivity index (χ1n) is 14.5. The van der Waals surface area contributed by atoms with Crippen LogP contribution in [0.15, 0.2) is 85.1 Å². The second-order valence-corrected chi connectivity index (χ2v) is 11.6. The molecular formula is C34H33ClF3N3O5. The van der Waals surface area contributed by atoms with Gasteiger partial charge in [-0.3, -0.25) is 24.1 Å². The summed E-state index contributed by atoms with van der Waals surface area (Å²) in [6.07, 6.45) is -4.16. The zero-order chi connectivity index (χ0) is 33.6. The van der Waals surface area contributed by atoms with E-state index < -0.39 is 54.7 Å². The maximum absolute atomic E-state index is 13.9. The molecule has 3 amide bonds. The SMILES string of the molecule is CC(=O)N1C=C(c2cccc(OCc3cccc(Cl)c3)c2)N(CC(=O)NC(Cc2ccccc2)C(=O)C(F)(F)F)C(=O)[C@H]1C(C)C. The molecule has 0 bridgehead atoms. The fourth-order valence-corrected chi connectivity index (χ4v) is 5.36. The molecule has 242 valence electrons. The third-order valence-electron chi connectivity index (χ3n) is 7.31. The van der Waals surface area contributed by atoms with Crippen molar-refractivity contribution in [3.8, 4) is 5.75 Å². The van der Waals surface area contributed by atoms with Crippen molar-refractivity contribution in [3.05, 3.63) is 107 Å². The Morgan fingerprint density at radius 1 is 0.957 bits per heavy atom. The Morgan fingerprint density at radius 2 is 1.63 bits per heavy atom. The molecule has 46 heavy (non-hydrogen) atoms. The van der Waals surface area contributed by atoms with Gasteiger partial charge in [0, 0.05) is 30.1 Å². The summed E-state index contributed by atoms with van der Waals surface area (Å²) >= 11 is 6.07. The molecule has 0 fully saturated rings. The molecule has 0 saturated heterocycles. The highest BCUT2D eigenvalue weighted by Crippen LogP contribution is 2.32. The number of halogens is 4. The minimum Gasteiger partial charge on any atom is -0.489 e. The number of benzene rings is 3. The first kappa shape index (κ1) is 34.2. The quantitative estimate of drug-likeness (QED) is 0.282. The number of carbonyl (C=O) groups excluding carboxylic acids is 4. The van der Waals surface area contributed by atoms with E-state index >= 15 is 0 Å². The normalized spacial score (nSPS) is 15.8. The van der Waals surface area contributed by atoms with Crippen LogP contribution in [0.5, 0.6) is 5.75 Å². The van der Waals surface area contributed by atoms with Crippen LogP contribution in [0.25, 0.3) is 5.70 Å². The lowest BCUT2D eigenvalue weighted by Gasteiger charge is -2.40. The summed E-state index contributed by atoms with van der Waals surface area (Å²) < 4.78 is 46.5. The van der Waals surface area contributed by atoms with E-state index in [1.165, 1.54) is 18.0 Å². The Hall–Kier alpha value is -4.64. The number of hydrogen-bond acceptors (Lipinski definition) is 5. The molecule has 1 heterocycles. The fraction of sp³-hybridized carbons (Fsp3) is 0.294. The number of nitrogens with one attached hydrogen (secondary N) is 1. The predicted octanol–water partition coefficient (Wildman–Crippen LogP) is 5.79. The fourth-order valence-electron chi connectivity index (χ4n) is 5.14. The van der Waals surface area contributed by atoms with E-state index in [2.05, 4.69) is 5.32 Å². The zero-order valence-electron chi connectivity index (χ0n) is 25.4. The van der Waals surface area contributed by atoms with Crippen molar-refractivity contribution in [1.29, 1.82) is 0 Å². The molecule has 0 aromatic heterocycles. The highest BCUT2D eigenvalue weighted by atomic mass is 35.5. The predicted molar refractivity (Wildman–Crippen MR) is 166 cm³/mol. The van der Waals surface area contributed by atoms with Crippen molar-refractivity contribution in [3.63, 3.8) is 0 Å². The molecule has 3 aromatic carbocycles. The van der Waals surface area contributed by atoms with Gasteiger partial charge in [-0.05, 0) is 41.3 Å².